The topological polar surface area (TPSA) is 70.7 Å². The van der Waals surface area contributed by atoms with Crippen LogP contribution >= 0.6 is 35.0 Å². The van der Waals surface area contributed by atoms with E-state index in [4.69, 9.17) is 27.9 Å². The van der Waals surface area contributed by atoms with Gasteiger partial charge in [-0.25, -0.2) is 9.40 Å². The first-order valence-corrected chi connectivity index (χ1v) is 12.0. The first-order valence-electron chi connectivity index (χ1n) is 10.3. The zero-order valence-electron chi connectivity index (χ0n) is 17.7. The Hall–Kier alpha value is -2.94. The van der Waals surface area contributed by atoms with Gasteiger partial charge in [0.1, 0.15) is 22.2 Å². The van der Waals surface area contributed by atoms with Crippen molar-refractivity contribution in [2.45, 2.75) is 10.6 Å². The number of nitrogens with zero attached hydrogens (tertiary/aromatic N) is 1. The van der Waals surface area contributed by atoms with Crippen molar-refractivity contribution in [3.05, 3.63) is 94.2 Å². The van der Waals surface area contributed by atoms with Gasteiger partial charge < -0.3 is 10.1 Å². The molecule has 1 heterocycles. The third-order valence-corrected chi connectivity index (χ3v) is 6.99. The number of benzene rings is 3. The standard InChI is InChI=1S/C24H20Cl2FN3O3S/c25-15-5-11-18(12-6-15)33-14-22(31)29-30-23(32)21(13-28-17-9-7-16(27)8-10-17)34-24(30)19-3-1-2-4-20(19)26/h1-12,21,24,28H,13-14H2,(H,29,31). The SMILES string of the molecule is O=C(COc1ccc(Cl)cc1)NN1C(=O)C(CNc2ccc(F)cc2)SC1c1ccccc1Cl. The Kier molecular flexibility index (Phi) is 7.82. The molecule has 2 atom stereocenters. The van der Waals surface area contributed by atoms with Crippen molar-refractivity contribution in [2.24, 2.45) is 0 Å². The molecule has 0 radical (unpaired) electrons. The maximum Gasteiger partial charge on any atom is 0.276 e. The van der Waals surface area contributed by atoms with E-state index in [9.17, 15) is 14.0 Å². The molecule has 0 bridgehead atoms. The van der Waals surface area contributed by atoms with Crippen molar-refractivity contribution in [1.29, 1.82) is 0 Å². The van der Waals surface area contributed by atoms with Gasteiger partial charge in [-0.15, -0.1) is 11.8 Å². The second-order valence-corrected chi connectivity index (χ2v) is 9.50. The highest BCUT2D eigenvalue weighted by Gasteiger charge is 2.42. The minimum Gasteiger partial charge on any atom is -0.484 e. The molecule has 1 aliphatic heterocycles. The van der Waals surface area contributed by atoms with E-state index in [2.05, 4.69) is 10.7 Å². The van der Waals surface area contributed by atoms with Gasteiger partial charge in [-0.05, 0) is 54.6 Å². The molecule has 4 rings (SSSR count). The Labute approximate surface area is 210 Å². The molecule has 3 aromatic carbocycles. The van der Waals surface area contributed by atoms with Crippen LogP contribution in [0.15, 0.2) is 72.8 Å². The van der Waals surface area contributed by atoms with E-state index in [0.717, 1.165) is 0 Å². The molecule has 10 heteroatoms. The van der Waals surface area contributed by atoms with Gasteiger partial charge >= 0.3 is 0 Å². The highest BCUT2D eigenvalue weighted by molar-refractivity contribution is 8.01. The summed E-state index contributed by atoms with van der Waals surface area (Å²) in [4.78, 5) is 25.8. The van der Waals surface area contributed by atoms with Gasteiger partial charge in [0.05, 0.1) is 0 Å². The van der Waals surface area contributed by atoms with Gasteiger partial charge in [0.15, 0.2) is 6.61 Å². The minimum absolute atomic E-state index is 0.281. The van der Waals surface area contributed by atoms with Gasteiger partial charge in [-0.2, -0.15) is 0 Å². The normalized spacial score (nSPS) is 17.5. The number of nitrogens with one attached hydrogen (secondary N) is 2. The predicted molar refractivity (Wildman–Crippen MR) is 132 cm³/mol. The second kappa shape index (κ2) is 11.0. The van der Waals surface area contributed by atoms with Gasteiger partial charge in [0.25, 0.3) is 11.8 Å². The van der Waals surface area contributed by atoms with Crippen molar-refractivity contribution in [3.8, 4) is 5.75 Å². The van der Waals surface area contributed by atoms with Crippen molar-refractivity contribution in [3.63, 3.8) is 0 Å². The van der Waals surface area contributed by atoms with Crippen LogP contribution in [0.4, 0.5) is 10.1 Å². The van der Waals surface area contributed by atoms with Gasteiger partial charge in [-0.3, -0.25) is 15.0 Å². The van der Waals surface area contributed by atoms with Gasteiger partial charge in [-0.1, -0.05) is 41.4 Å². The van der Waals surface area contributed by atoms with E-state index in [0.29, 0.717) is 27.0 Å². The average Bonchev–Trinajstić information content (AvgIpc) is 3.13. The Morgan fingerprint density at radius 1 is 1.03 bits per heavy atom. The molecule has 1 fully saturated rings. The maximum absolute atomic E-state index is 13.2. The fraction of sp³-hybridized carbons (Fsp3) is 0.167. The van der Waals surface area contributed by atoms with E-state index < -0.39 is 16.5 Å². The van der Waals surface area contributed by atoms with E-state index >= 15 is 0 Å². The number of ether oxygens (including phenoxy) is 1. The summed E-state index contributed by atoms with van der Waals surface area (Å²) in [6, 6.07) is 19.6. The number of carbonyl (C=O) groups excluding carboxylic acids is 2. The third-order valence-electron chi connectivity index (χ3n) is 4.98. The number of carbonyl (C=O) groups is 2. The average molecular weight is 520 g/mol. The molecule has 2 unspecified atom stereocenters. The van der Waals surface area contributed by atoms with Gasteiger partial charge in [0.2, 0.25) is 0 Å². The number of rotatable bonds is 8. The zero-order chi connectivity index (χ0) is 24.1. The molecule has 6 nitrogen and oxygen atoms in total. The zero-order valence-corrected chi connectivity index (χ0v) is 20.0. The lowest BCUT2D eigenvalue weighted by molar-refractivity contribution is -0.141. The first kappa shape index (κ1) is 24.2. The first-order chi connectivity index (χ1) is 16.4. The summed E-state index contributed by atoms with van der Waals surface area (Å²) < 4.78 is 18.7. The summed E-state index contributed by atoms with van der Waals surface area (Å²) in [5.74, 6) is -0.645. The summed E-state index contributed by atoms with van der Waals surface area (Å²) >= 11 is 13.6. The molecule has 3 aromatic rings. The summed E-state index contributed by atoms with van der Waals surface area (Å²) in [5, 5.41) is 4.43. The summed E-state index contributed by atoms with van der Waals surface area (Å²) in [7, 11) is 0. The summed E-state index contributed by atoms with van der Waals surface area (Å²) in [6.45, 7) is -0.00640. The molecule has 0 spiro atoms. The van der Waals surface area contributed by atoms with Crippen LogP contribution in [0.2, 0.25) is 10.0 Å². The smallest absolute Gasteiger partial charge is 0.276 e. The van der Waals surface area contributed by atoms with Crippen molar-refractivity contribution in [2.75, 3.05) is 18.5 Å². The molecule has 0 aromatic heterocycles. The van der Waals surface area contributed by atoms with Crippen LogP contribution < -0.4 is 15.5 Å². The molecule has 176 valence electrons. The molecule has 0 aliphatic carbocycles. The lowest BCUT2D eigenvalue weighted by Gasteiger charge is -2.25. The van der Waals surface area contributed by atoms with Crippen LogP contribution in [-0.4, -0.2) is 35.2 Å². The Balaban J connectivity index is 1.45. The molecule has 0 saturated carbocycles. The van der Waals surface area contributed by atoms with E-state index in [-0.39, 0.29) is 24.9 Å². The molecule has 1 saturated heterocycles. The van der Waals surface area contributed by atoms with Crippen LogP contribution in [0.25, 0.3) is 0 Å². The number of halogens is 3. The highest BCUT2D eigenvalue weighted by Crippen LogP contribution is 2.44. The molecule has 2 amide bonds. The third kappa shape index (κ3) is 5.94. The Morgan fingerprint density at radius 2 is 1.74 bits per heavy atom. The predicted octanol–water partition coefficient (Wildman–Crippen LogP) is 5.30. The number of hydrogen-bond donors (Lipinski definition) is 2. The van der Waals surface area contributed by atoms with Gasteiger partial charge in [0, 0.05) is 27.8 Å². The van der Waals surface area contributed by atoms with Crippen LogP contribution in [0.5, 0.6) is 5.75 Å². The number of amides is 2. The van der Waals surface area contributed by atoms with Crippen molar-refractivity contribution in [1.82, 2.24) is 10.4 Å². The fourth-order valence-corrected chi connectivity index (χ4v) is 5.09. The number of thioether (sulfide) groups is 1. The largest absolute Gasteiger partial charge is 0.484 e. The lowest BCUT2D eigenvalue weighted by Crippen LogP contribution is -2.48. The van der Waals surface area contributed by atoms with Crippen molar-refractivity contribution < 1.29 is 18.7 Å². The quantitative estimate of drug-likeness (QED) is 0.422. The van der Waals surface area contributed by atoms with Crippen LogP contribution in [0.1, 0.15) is 10.9 Å². The van der Waals surface area contributed by atoms with E-state index in [1.54, 1.807) is 48.5 Å². The monoisotopic (exact) mass is 519 g/mol. The van der Waals surface area contributed by atoms with E-state index in [1.165, 1.54) is 28.9 Å². The Bertz CT molecular complexity index is 1160. The molecular formula is C24H20Cl2FN3O3S. The van der Waals surface area contributed by atoms with Crippen LogP contribution in [0, 0.1) is 5.82 Å². The lowest BCUT2D eigenvalue weighted by atomic mass is 10.2. The number of hydrazine groups is 1. The Morgan fingerprint density at radius 3 is 2.44 bits per heavy atom. The summed E-state index contributed by atoms with van der Waals surface area (Å²) in [6.07, 6.45) is 0. The highest BCUT2D eigenvalue weighted by atomic mass is 35.5. The fourth-order valence-electron chi connectivity index (χ4n) is 3.31. The molecular weight excluding hydrogens is 500 g/mol. The number of hydrogen-bond acceptors (Lipinski definition) is 5. The minimum atomic E-state index is -0.527. The van der Waals surface area contributed by atoms with Crippen molar-refractivity contribution >= 4 is 52.5 Å². The molecule has 34 heavy (non-hydrogen) atoms. The second-order valence-electron chi connectivity index (χ2n) is 7.37. The maximum atomic E-state index is 13.2. The van der Waals surface area contributed by atoms with E-state index in [1.807, 2.05) is 12.1 Å². The van der Waals surface area contributed by atoms with Crippen LogP contribution in [0.3, 0.4) is 0 Å². The molecule has 2 N–H and O–H groups in total. The summed E-state index contributed by atoms with van der Waals surface area (Å²) in [5.41, 5.74) is 4.04. The van der Waals surface area contributed by atoms with Crippen LogP contribution in [-0.2, 0) is 9.59 Å². The number of anilines is 1. The molecule has 1 aliphatic rings.